The molecular formula is C28H31N3O4. The molecule has 0 radical (unpaired) electrons. The van der Waals surface area contributed by atoms with Crippen LogP contribution in [0.5, 0.6) is 5.75 Å². The SMILES string of the molecule is CCCCCC(=O)N[C@H](C(=O)Nc1ccccc1C(N)=O)c1ccc(OCc2ccccc2)cc1. The van der Waals surface area contributed by atoms with Crippen LogP contribution in [0.3, 0.4) is 0 Å². The number of ether oxygens (including phenoxy) is 1. The van der Waals surface area contributed by atoms with Crippen molar-refractivity contribution in [1.29, 1.82) is 0 Å². The van der Waals surface area contributed by atoms with Gasteiger partial charge in [0.15, 0.2) is 0 Å². The summed E-state index contributed by atoms with van der Waals surface area (Å²) in [6.45, 7) is 2.48. The molecule has 3 rings (SSSR count). The van der Waals surface area contributed by atoms with Crippen molar-refractivity contribution in [2.24, 2.45) is 5.73 Å². The summed E-state index contributed by atoms with van der Waals surface area (Å²) in [6.07, 6.45) is 3.00. The van der Waals surface area contributed by atoms with Crippen LogP contribution in [-0.4, -0.2) is 17.7 Å². The molecule has 0 aliphatic rings. The van der Waals surface area contributed by atoms with Crippen molar-refractivity contribution in [3.05, 3.63) is 95.6 Å². The van der Waals surface area contributed by atoms with Crippen molar-refractivity contribution >= 4 is 23.4 Å². The van der Waals surface area contributed by atoms with E-state index in [0.29, 0.717) is 24.3 Å². The number of primary amides is 1. The Kier molecular flexibility index (Phi) is 9.42. The van der Waals surface area contributed by atoms with Gasteiger partial charge in [0.25, 0.3) is 11.8 Å². The smallest absolute Gasteiger partial charge is 0.251 e. The van der Waals surface area contributed by atoms with E-state index in [-0.39, 0.29) is 17.2 Å². The molecule has 0 bridgehead atoms. The molecule has 0 saturated heterocycles. The first-order valence-corrected chi connectivity index (χ1v) is 11.7. The Labute approximate surface area is 205 Å². The zero-order chi connectivity index (χ0) is 25.0. The van der Waals surface area contributed by atoms with Crippen molar-refractivity contribution in [2.45, 2.75) is 45.3 Å². The summed E-state index contributed by atoms with van der Waals surface area (Å²) in [7, 11) is 0. The van der Waals surface area contributed by atoms with Crippen molar-refractivity contribution in [3.63, 3.8) is 0 Å². The maximum absolute atomic E-state index is 13.2. The number of benzene rings is 3. The van der Waals surface area contributed by atoms with E-state index in [4.69, 9.17) is 10.5 Å². The highest BCUT2D eigenvalue weighted by molar-refractivity contribution is 6.05. The molecule has 0 saturated carbocycles. The molecule has 3 amide bonds. The quantitative estimate of drug-likeness (QED) is 0.330. The van der Waals surface area contributed by atoms with E-state index < -0.39 is 17.9 Å². The highest BCUT2D eigenvalue weighted by Crippen LogP contribution is 2.22. The summed E-state index contributed by atoms with van der Waals surface area (Å²) in [4.78, 5) is 37.6. The Bertz CT molecular complexity index is 1130. The molecular weight excluding hydrogens is 442 g/mol. The van der Waals surface area contributed by atoms with Crippen LogP contribution in [0.15, 0.2) is 78.9 Å². The summed E-state index contributed by atoms with van der Waals surface area (Å²) in [5.74, 6) is -0.697. The van der Waals surface area contributed by atoms with Gasteiger partial charge in [-0.3, -0.25) is 14.4 Å². The molecule has 0 aromatic heterocycles. The van der Waals surface area contributed by atoms with Gasteiger partial charge >= 0.3 is 0 Å². The fourth-order valence-corrected chi connectivity index (χ4v) is 3.58. The number of unbranched alkanes of at least 4 members (excludes halogenated alkanes) is 2. The predicted molar refractivity (Wildman–Crippen MR) is 136 cm³/mol. The van der Waals surface area contributed by atoms with Gasteiger partial charge in [-0.25, -0.2) is 0 Å². The number of amides is 3. The number of anilines is 1. The van der Waals surface area contributed by atoms with Gasteiger partial charge < -0.3 is 21.1 Å². The van der Waals surface area contributed by atoms with Crippen molar-refractivity contribution < 1.29 is 19.1 Å². The maximum atomic E-state index is 13.2. The molecule has 7 heteroatoms. The summed E-state index contributed by atoms with van der Waals surface area (Å²) in [6, 6.07) is 22.4. The Morgan fingerprint density at radius 3 is 2.26 bits per heavy atom. The number of hydrogen-bond donors (Lipinski definition) is 3. The van der Waals surface area contributed by atoms with Gasteiger partial charge in [0.05, 0.1) is 11.3 Å². The van der Waals surface area contributed by atoms with Crippen LogP contribution in [-0.2, 0) is 16.2 Å². The fraction of sp³-hybridized carbons (Fsp3) is 0.250. The van der Waals surface area contributed by atoms with E-state index in [1.54, 1.807) is 42.5 Å². The average Bonchev–Trinajstić information content (AvgIpc) is 2.87. The molecule has 35 heavy (non-hydrogen) atoms. The Morgan fingerprint density at radius 2 is 1.57 bits per heavy atom. The molecule has 1 atom stereocenters. The van der Waals surface area contributed by atoms with E-state index >= 15 is 0 Å². The third-order valence-electron chi connectivity index (χ3n) is 5.49. The van der Waals surface area contributed by atoms with Gasteiger partial charge in [-0.05, 0) is 41.8 Å². The van der Waals surface area contributed by atoms with E-state index in [1.165, 1.54) is 6.07 Å². The number of nitrogens with one attached hydrogen (secondary N) is 2. The number of carbonyl (C=O) groups excluding carboxylic acids is 3. The summed E-state index contributed by atoms with van der Waals surface area (Å²) < 4.78 is 5.83. The number of para-hydroxylation sites is 1. The maximum Gasteiger partial charge on any atom is 0.251 e. The lowest BCUT2D eigenvalue weighted by Gasteiger charge is -2.20. The minimum atomic E-state index is -0.951. The lowest BCUT2D eigenvalue weighted by molar-refractivity contribution is -0.126. The topological polar surface area (TPSA) is 111 Å². The first kappa shape index (κ1) is 25.5. The van der Waals surface area contributed by atoms with Gasteiger partial charge in [-0.1, -0.05) is 74.4 Å². The molecule has 0 heterocycles. The molecule has 0 aliphatic carbocycles. The molecule has 3 aromatic rings. The van der Waals surface area contributed by atoms with E-state index in [1.807, 2.05) is 30.3 Å². The number of hydrogen-bond acceptors (Lipinski definition) is 4. The average molecular weight is 474 g/mol. The summed E-state index contributed by atoms with van der Waals surface area (Å²) >= 11 is 0. The Balaban J connectivity index is 1.76. The third kappa shape index (κ3) is 7.71. The van der Waals surface area contributed by atoms with Crippen molar-refractivity contribution in [2.75, 3.05) is 5.32 Å². The van der Waals surface area contributed by atoms with Crippen LogP contribution in [0.25, 0.3) is 0 Å². The predicted octanol–water partition coefficient (Wildman–Crippen LogP) is 4.74. The summed E-state index contributed by atoms with van der Waals surface area (Å²) in [5.41, 5.74) is 7.56. The number of rotatable bonds is 12. The second-order valence-corrected chi connectivity index (χ2v) is 8.20. The highest BCUT2D eigenvalue weighted by Gasteiger charge is 2.24. The Hall–Kier alpha value is -4.13. The van der Waals surface area contributed by atoms with Gasteiger partial charge in [0, 0.05) is 6.42 Å². The van der Waals surface area contributed by atoms with Crippen LogP contribution in [0.1, 0.15) is 60.1 Å². The van der Waals surface area contributed by atoms with Crippen LogP contribution in [0.4, 0.5) is 5.69 Å². The normalized spacial score (nSPS) is 11.3. The summed E-state index contributed by atoms with van der Waals surface area (Å²) in [5, 5.41) is 5.57. The fourth-order valence-electron chi connectivity index (χ4n) is 3.58. The molecule has 0 unspecified atom stereocenters. The molecule has 4 N–H and O–H groups in total. The second kappa shape index (κ2) is 12.9. The van der Waals surface area contributed by atoms with E-state index in [2.05, 4.69) is 17.6 Å². The largest absolute Gasteiger partial charge is 0.489 e. The first-order chi connectivity index (χ1) is 17.0. The zero-order valence-electron chi connectivity index (χ0n) is 19.8. The molecule has 0 aliphatic heterocycles. The number of nitrogens with two attached hydrogens (primary N) is 1. The minimum absolute atomic E-state index is 0.193. The molecule has 0 spiro atoms. The van der Waals surface area contributed by atoms with E-state index in [0.717, 1.165) is 24.8 Å². The Morgan fingerprint density at radius 1 is 0.886 bits per heavy atom. The molecule has 182 valence electrons. The first-order valence-electron chi connectivity index (χ1n) is 11.7. The monoisotopic (exact) mass is 473 g/mol. The van der Waals surface area contributed by atoms with Gasteiger partial charge in [-0.15, -0.1) is 0 Å². The third-order valence-corrected chi connectivity index (χ3v) is 5.49. The van der Waals surface area contributed by atoms with Crippen LogP contribution in [0.2, 0.25) is 0 Å². The van der Waals surface area contributed by atoms with Gasteiger partial charge in [-0.2, -0.15) is 0 Å². The van der Waals surface area contributed by atoms with Crippen LogP contribution < -0.4 is 21.1 Å². The minimum Gasteiger partial charge on any atom is -0.489 e. The van der Waals surface area contributed by atoms with Crippen molar-refractivity contribution in [3.8, 4) is 5.75 Å². The van der Waals surface area contributed by atoms with E-state index in [9.17, 15) is 14.4 Å². The molecule has 0 fully saturated rings. The van der Waals surface area contributed by atoms with Gasteiger partial charge in [0.1, 0.15) is 18.4 Å². The van der Waals surface area contributed by atoms with Crippen molar-refractivity contribution in [1.82, 2.24) is 5.32 Å². The zero-order valence-corrected chi connectivity index (χ0v) is 19.8. The molecule has 7 nitrogen and oxygen atoms in total. The van der Waals surface area contributed by atoms with Crippen LogP contribution in [0, 0.1) is 0 Å². The lowest BCUT2D eigenvalue weighted by Crippen LogP contribution is -2.37. The standard InChI is InChI=1S/C28H31N3O4/c1-2-3-5-14-25(32)31-26(28(34)30-24-13-9-8-12-23(24)27(29)33)21-15-17-22(18-16-21)35-19-20-10-6-4-7-11-20/h4,6-13,15-18,26H,2-3,5,14,19H2,1H3,(H2,29,33)(H,30,34)(H,31,32)/t26-/m0/s1. The van der Waals surface area contributed by atoms with Crippen LogP contribution >= 0.6 is 0 Å². The number of carbonyl (C=O) groups is 3. The highest BCUT2D eigenvalue weighted by atomic mass is 16.5. The molecule has 3 aromatic carbocycles. The lowest BCUT2D eigenvalue weighted by atomic mass is 10.0. The van der Waals surface area contributed by atoms with Gasteiger partial charge in [0.2, 0.25) is 5.91 Å². The second-order valence-electron chi connectivity index (χ2n) is 8.20.